The van der Waals surface area contributed by atoms with Gasteiger partial charge in [-0.2, -0.15) is 0 Å². The summed E-state index contributed by atoms with van der Waals surface area (Å²) in [6, 6.07) is 0. The van der Waals surface area contributed by atoms with E-state index in [1.54, 1.807) is 7.11 Å². The lowest BCUT2D eigenvalue weighted by atomic mass is 9.98. The van der Waals surface area contributed by atoms with Crippen molar-refractivity contribution in [2.75, 3.05) is 46.6 Å². The Hall–Kier alpha value is -0.200. The van der Waals surface area contributed by atoms with Crippen LogP contribution in [0.5, 0.6) is 0 Å². The quantitative estimate of drug-likeness (QED) is 0.550. The Labute approximate surface area is 116 Å². The van der Waals surface area contributed by atoms with Gasteiger partial charge in [0.2, 0.25) is 0 Å². The number of hydrogen-bond donors (Lipinski definition) is 2. The third-order valence-electron chi connectivity index (χ3n) is 3.31. The molecule has 1 unspecified atom stereocenters. The fraction of sp³-hybridized carbons (Fsp3) is 1.00. The summed E-state index contributed by atoms with van der Waals surface area (Å²) in [6.45, 7) is 3.61. The zero-order valence-electron chi connectivity index (χ0n) is 12.1. The summed E-state index contributed by atoms with van der Waals surface area (Å²) in [7, 11) is 1.66. The van der Waals surface area contributed by atoms with E-state index in [9.17, 15) is 5.11 Å². The first-order chi connectivity index (χ1) is 9.33. The summed E-state index contributed by atoms with van der Waals surface area (Å²) in [5.74, 6) is 0. The molecule has 5 heteroatoms. The minimum Gasteiger partial charge on any atom is -0.389 e. The molecule has 1 atom stereocenters. The van der Waals surface area contributed by atoms with E-state index in [1.165, 1.54) is 19.3 Å². The molecule has 0 aromatic heterocycles. The molecule has 0 radical (unpaired) electrons. The first-order valence-electron chi connectivity index (χ1n) is 7.40. The van der Waals surface area contributed by atoms with Crippen LogP contribution in [0.2, 0.25) is 0 Å². The highest BCUT2D eigenvalue weighted by Crippen LogP contribution is 2.20. The Balaban J connectivity index is 1.85. The Kier molecular flexibility index (Phi) is 10.3. The largest absolute Gasteiger partial charge is 0.389 e. The molecule has 1 fully saturated rings. The summed E-state index contributed by atoms with van der Waals surface area (Å²) in [5, 5.41) is 12.9. The van der Waals surface area contributed by atoms with Crippen molar-refractivity contribution in [3.8, 4) is 0 Å². The maximum Gasteiger partial charge on any atom is 0.0897 e. The molecule has 0 aliphatic heterocycles. The van der Waals surface area contributed by atoms with Crippen molar-refractivity contribution >= 4 is 0 Å². The van der Waals surface area contributed by atoms with Gasteiger partial charge in [-0.25, -0.2) is 0 Å². The lowest BCUT2D eigenvalue weighted by Crippen LogP contribution is -2.34. The molecule has 0 saturated heterocycles. The van der Waals surface area contributed by atoms with Gasteiger partial charge in [-0.1, -0.05) is 19.3 Å². The standard InChI is InChI=1S/C14H29NO4/c1-17-9-10-18-8-7-15-11-13(16)12-19-14-5-3-2-4-6-14/h13-16H,2-12H2,1H3. The van der Waals surface area contributed by atoms with E-state index in [0.29, 0.717) is 39.1 Å². The normalized spacial score (nSPS) is 18.6. The van der Waals surface area contributed by atoms with E-state index in [-0.39, 0.29) is 0 Å². The molecule has 1 rings (SSSR count). The number of rotatable bonds is 11. The van der Waals surface area contributed by atoms with Crippen LogP contribution in [0, 0.1) is 0 Å². The molecule has 1 aliphatic rings. The third kappa shape index (κ3) is 9.35. The maximum absolute atomic E-state index is 9.77. The zero-order valence-corrected chi connectivity index (χ0v) is 12.1. The molecule has 114 valence electrons. The predicted octanol–water partition coefficient (Wildman–Crippen LogP) is 0.949. The molecular formula is C14H29NO4. The van der Waals surface area contributed by atoms with Gasteiger partial charge >= 0.3 is 0 Å². The zero-order chi connectivity index (χ0) is 13.8. The number of nitrogens with one attached hydrogen (secondary N) is 1. The second-order valence-electron chi connectivity index (χ2n) is 5.06. The van der Waals surface area contributed by atoms with Crippen molar-refractivity contribution in [1.29, 1.82) is 0 Å². The minimum atomic E-state index is -0.430. The van der Waals surface area contributed by atoms with Crippen LogP contribution < -0.4 is 5.32 Å². The lowest BCUT2D eigenvalue weighted by Gasteiger charge is -2.23. The van der Waals surface area contributed by atoms with E-state index in [2.05, 4.69) is 5.32 Å². The molecule has 1 saturated carbocycles. The topological polar surface area (TPSA) is 60.0 Å². The Bertz CT molecular complexity index is 198. The molecule has 0 heterocycles. The number of ether oxygens (including phenoxy) is 3. The first-order valence-corrected chi connectivity index (χ1v) is 7.40. The number of hydrogen-bond acceptors (Lipinski definition) is 5. The first kappa shape index (κ1) is 16.9. The summed E-state index contributed by atoms with van der Waals surface area (Å²) < 4.78 is 15.9. The van der Waals surface area contributed by atoms with E-state index < -0.39 is 6.10 Å². The minimum absolute atomic E-state index is 0.362. The highest BCUT2D eigenvalue weighted by Gasteiger charge is 2.15. The molecule has 0 bridgehead atoms. The van der Waals surface area contributed by atoms with E-state index in [1.807, 2.05) is 0 Å². The molecule has 0 aromatic carbocycles. The highest BCUT2D eigenvalue weighted by atomic mass is 16.5. The van der Waals surface area contributed by atoms with Crippen molar-refractivity contribution in [1.82, 2.24) is 5.32 Å². The van der Waals surface area contributed by atoms with Gasteiger partial charge in [0, 0.05) is 20.2 Å². The smallest absolute Gasteiger partial charge is 0.0897 e. The van der Waals surface area contributed by atoms with Gasteiger partial charge in [-0.15, -0.1) is 0 Å². The maximum atomic E-state index is 9.77. The van der Waals surface area contributed by atoms with E-state index in [4.69, 9.17) is 14.2 Å². The van der Waals surface area contributed by atoms with E-state index >= 15 is 0 Å². The van der Waals surface area contributed by atoms with Crippen LogP contribution in [0.15, 0.2) is 0 Å². The van der Waals surface area contributed by atoms with Gasteiger partial charge < -0.3 is 24.6 Å². The molecule has 5 nitrogen and oxygen atoms in total. The van der Waals surface area contributed by atoms with Crippen LogP contribution in [-0.4, -0.2) is 63.9 Å². The van der Waals surface area contributed by atoms with Crippen LogP contribution in [0.3, 0.4) is 0 Å². The van der Waals surface area contributed by atoms with Gasteiger partial charge in [0.15, 0.2) is 0 Å². The van der Waals surface area contributed by atoms with Crippen LogP contribution in [0.1, 0.15) is 32.1 Å². The summed E-state index contributed by atoms with van der Waals surface area (Å²) in [5.41, 5.74) is 0. The third-order valence-corrected chi connectivity index (χ3v) is 3.31. The molecule has 19 heavy (non-hydrogen) atoms. The SMILES string of the molecule is COCCOCCNCC(O)COC1CCCCC1. The number of aliphatic hydroxyl groups is 1. The average molecular weight is 275 g/mol. The molecule has 0 amide bonds. The number of aliphatic hydroxyl groups excluding tert-OH is 1. The predicted molar refractivity (Wildman–Crippen MR) is 74.4 cm³/mol. The van der Waals surface area contributed by atoms with Crippen LogP contribution in [-0.2, 0) is 14.2 Å². The Morgan fingerprint density at radius 3 is 2.68 bits per heavy atom. The molecule has 1 aliphatic carbocycles. The van der Waals surface area contributed by atoms with Gasteiger partial charge in [0.1, 0.15) is 0 Å². The van der Waals surface area contributed by atoms with Crippen molar-refractivity contribution in [2.24, 2.45) is 0 Å². The molecular weight excluding hydrogens is 246 g/mol. The van der Waals surface area contributed by atoms with Crippen molar-refractivity contribution in [2.45, 2.75) is 44.3 Å². The van der Waals surface area contributed by atoms with Crippen LogP contribution in [0.4, 0.5) is 0 Å². The summed E-state index contributed by atoms with van der Waals surface area (Å²) >= 11 is 0. The Morgan fingerprint density at radius 2 is 1.95 bits per heavy atom. The van der Waals surface area contributed by atoms with Crippen LogP contribution >= 0.6 is 0 Å². The second kappa shape index (κ2) is 11.6. The molecule has 2 N–H and O–H groups in total. The summed E-state index contributed by atoms with van der Waals surface area (Å²) in [4.78, 5) is 0. The van der Waals surface area contributed by atoms with Gasteiger partial charge in [-0.3, -0.25) is 0 Å². The molecule has 0 spiro atoms. The lowest BCUT2D eigenvalue weighted by molar-refractivity contribution is -0.0234. The second-order valence-corrected chi connectivity index (χ2v) is 5.06. The van der Waals surface area contributed by atoms with Crippen LogP contribution in [0.25, 0.3) is 0 Å². The summed E-state index contributed by atoms with van der Waals surface area (Å²) in [6.07, 6.45) is 6.07. The Morgan fingerprint density at radius 1 is 1.16 bits per heavy atom. The van der Waals surface area contributed by atoms with Gasteiger partial charge in [-0.05, 0) is 12.8 Å². The van der Waals surface area contributed by atoms with Gasteiger partial charge in [0.25, 0.3) is 0 Å². The molecule has 0 aromatic rings. The fourth-order valence-corrected chi connectivity index (χ4v) is 2.20. The number of methoxy groups -OCH3 is 1. The van der Waals surface area contributed by atoms with Crippen molar-refractivity contribution in [3.63, 3.8) is 0 Å². The monoisotopic (exact) mass is 275 g/mol. The van der Waals surface area contributed by atoms with Crippen molar-refractivity contribution in [3.05, 3.63) is 0 Å². The highest BCUT2D eigenvalue weighted by molar-refractivity contribution is 4.67. The van der Waals surface area contributed by atoms with E-state index in [0.717, 1.165) is 19.4 Å². The average Bonchev–Trinajstić information content (AvgIpc) is 2.45. The van der Waals surface area contributed by atoms with Crippen molar-refractivity contribution < 1.29 is 19.3 Å². The van der Waals surface area contributed by atoms with Gasteiger partial charge in [0.05, 0.1) is 38.6 Å². The fourth-order valence-electron chi connectivity index (χ4n) is 2.20.